The number of imidazole rings is 1. The Morgan fingerprint density at radius 3 is 2.90 bits per heavy atom. The minimum absolute atomic E-state index is 0.0829. The van der Waals surface area contributed by atoms with Crippen molar-refractivity contribution in [2.24, 2.45) is 5.92 Å². The van der Waals surface area contributed by atoms with Gasteiger partial charge in [0.05, 0.1) is 17.6 Å². The molecule has 1 heterocycles. The summed E-state index contributed by atoms with van der Waals surface area (Å²) in [5.74, 6) is 1.21. The highest BCUT2D eigenvalue weighted by molar-refractivity contribution is 7.99. The molecule has 1 saturated carbocycles. The van der Waals surface area contributed by atoms with Crippen LogP contribution in [0.1, 0.15) is 12.8 Å². The molecule has 1 aromatic carbocycles. The molecule has 3 rings (SSSR count). The van der Waals surface area contributed by atoms with E-state index in [1.165, 1.54) is 24.6 Å². The Bertz CT molecular complexity index is 578. The molecule has 5 heteroatoms. The topological polar surface area (TPSA) is 57.8 Å². The van der Waals surface area contributed by atoms with Crippen LogP contribution in [0.5, 0.6) is 0 Å². The van der Waals surface area contributed by atoms with E-state index >= 15 is 0 Å². The SMILES string of the molecule is O=C(CSc1ncc(-c2ccccc2)[nH]1)NCC1CC1. The van der Waals surface area contributed by atoms with E-state index in [9.17, 15) is 4.79 Å². The van der Waals surface area contributed by atoms with Crippen molar-refractivity contribution in [1.29, 1.82) is 0 Å². The van der Waals surface area contributed by atoms with Gasteiger partial charge in [-0.15, -0.1) is 0 Å². The Balaban J connectivity index is 1.50. The first kappa shape index (κ1) is 13.2. The molecule has 1 aromatic heterocycles. The molecule has 20 heavy (non-hydrogen) atoms. The number of hydrogen-bond donors (Lipinski definition) is 2. The predicted molar refractivity (Wildman–Crippen MR) is 80.5 cm³/mol. The highest BCUT2D eigenvalue weighted by atomic mass is 32.2. The van der Waals surface area contributed by atoms with Gasteiger partial charge in [-0.2, -0.15) is 0 Å². The number of hydrogen-bond acceptors (Lipinski definition) is 3. The normalized spacial score (nSPS) is 14.2. The van der Waals surface area contributed by atoms with Crippen LogP contribution in [0.2, 0.25) is 0 Å². The van der Waals surface area contributed by atoms with Gasteiger partial charge in [0.25, 0.3) is 0 Å². The summed E-state index contributed by atoms with van der Waals surface area (Å²) in [7, 11) is 0. The van der Waals surface area contributed by atoms with Crippen LogP contribution < -0.4 is 5.32 Å². The van der Waals surface area contributed by atoms with Crippen molar-refractivity contribution in [3.63, 3.8) is 0 Å². The minimum Gasteiger partial charge on any atom is -0.355 e. The van der Waals surface area contributed by atoms with E-state index < -0.39 is 0 Å². The average Bonchev–Trinajstić information content (AvgIpc) is 3.20. The fraction of sp³-hybridized carbons (Fsp3) is 0.333. The maximum Gasteiger partial charge on any atom is 0.230 e. The Kier molecular flexibility index (Phi) is 4.06. The number of carbonyl (C=O) groups is 1. The van der Waals surface area contributed by atoms with Gasteiger partial charge in [0.15, 0.2) is 5.16 Å². The number of amides is 1. The number of nitrogens with zero attached hydrogens (tertiary/aromatic N) is 1. The lowest BCUT2D eigenvalue weighted by Gasteiger charge is -2.02. The molecule has 1 aliphatic rings. The average molecular weight is 287 g/mol. The van der Waals surface area contributed by atoms with Crippen molar-refractivity contribution in [3.8, 4) is 11.3 Å². The van der Waals surface area contributed by atoms with Gasteiger partial charge < -0.3 is 10.3 Å². The van der Waals surface area contributed by atoms with Crippen LogP contribution in [-0.2, 0) is 4.79 Å². The number of aromatic amines is 1. The number of benzene rings is 1. The van der Waals surface area contributed by atoms with Gasteiger partial charge in [-0.25, -0.2) is 4.98 Å². The van der Waals surface area contributed by atoms with E-state index in [2.05, 4.69) is 15.3 Å². The van der Waals surface area contributed by atoms with E-state index in [0.29, 0.717) is 5.75 Å². The number of carbonyl (C=O) groups excluding carboxylic acids is 1. The van der Waals surface area contributed by atoms with Crippen LogP contribution in [0.4, 0.5) is 0 Å². The highest BCUT2D eigenvalue weighted by Gasteiger charge is 2.21. The maximum absolute atomic E-state index is 11.7. The molecule has 2 N–H and O–H groups in total. The van der Waals surface area contributed by atoms with Gasteiger partial charge in [0.2, 0.25) is 5.91 Å². The maximum atomic E-state index is 11.7. The summed E-state index contributed by atoms with van der Waals surface area (Å²) in [5, 5.41) is 3.73. The molecule has 0 unspecified atom stereocenters. The summed E-state index contributed by atoms with van der Waals surface area (Å²) in [5.41, 5.74) is 2.08. The van der Waals surface area contributed by atoms with E-state index in [4.69, 9.17) is 0 Å². The first-order valence-electron chi connectivity index (χ1n) is 6.81. The molecule has 0 atom stereocenters. The van der Waals surface area contributed by atoms with Crippen LogP contribution >= 0.6 is 11.8 Å². The summed E-state index contributed by atoms with van der Waals surface area (Å²) in [6.45, 7) is 0.826. The van der Waals surface area contributed by atoms with Crippen molar-refractivity contribution in [1.82, 2.24) is 15.3 Å². The summed E-state index contributed by atoms with van der Waals surface area (Å²) < 4.78 is 0. The number of H-pyrrole nitrogens is 1. The van der Waals surface area contributed by atoms with Crippen LogP contribution in [0.3, 0.4) is 0 Å². The molecule has 1 fully saturated rings. The molecular formula is C15H17N3OS. The van der Waals surface area contributed by atoms with Crippen molar-refractivity contribution < 1.29 is 4.79 Å². The summed E-state index contributed by atoms with van der Waals surface area (Å²) in [6, 6.07) is 10.0. The zero-order chi connectivity index (χ0) is 13.8. The van der Waals surface area contributed by atoms with Crippen molar-refractivity contribution in [2.75, 3.05) is 12.3 Å². The van der Waals surface area contributed by atoms with Gasteiger partial charge in [0, 0.05) is 6.54 Å². The second kappa shape index (κ2) is 6.13. The molecule has 0 saturated heterocycles. The monoisotopic (exact) mass is 287 g/mol. The summed E-state index contributed by atoms with van der Waals surface area (Å²) >= 11 is 1.44. The Labute approximate surface area is 122 Å². The number of aromatic nitrogens is 2. The van der Waals surface area contributed by atoms with Gasteiger partial charge >= 0.3 is 0 Å². The van der Waals surface area contributed by atoms with Crippen molar-refractivity contribution in [2.45, 2.75) is 18.0 Å². The number of nitrogens with one attached hydrogen (secondary N) is 2. The molecule has 1 amide bonds. The third kappa shape index (κ3) is 3.63. The van der Waals surface area contributed by atoms with E-state index in [0.717, 1.165) is 28.9 Å². The molecule has 0 spiro atoms. The van der Waals surface area contributed by atoms with E-state index in [1.54, 1.807) is 6.20 Å². The number of thioether (sulfide) groups is 1. The molecular weight excluding hydrogens is 270 g/mol. The molecule has 4 nitrogen and oxygen atoms in total. The fourth-order valence-electron chi connectivity index (χ4n) is 1.91. The van der Waals surface area contributed by atoms with Gasteiger partial charge in [-0.1, -0.05) is 42.1 Å². The smallest absolute Gasteiger partial charge is 0.230 e. The molecule has 104 valence electrons. The zero-order valence-corrected chi connectivity index (χ0v) is 12.0. The third-order valence-electron chi connectivity index (χ3n) is 3.26. The highest BCUT2D eigenvalue weighted by Crippen LogP contribution is 2.27. The first-order valence-corrected chi connectivity index (χ1v) is 7.80. The quantitative estimate of drug-likeness (QED) is 0.803. The van der Waals surface area contributed by atoms with Gasteiger partial charge in [-0.05, 0) is 24.3 Å². The standard InChI is InChI=1S/C15H17N3OS/c19-14(16-8-11-6-7-11)10-20-15-17-9-13(18-15)12-4-2-1-3-5-12/h1-5,9,11H,6-8,10H2,(H,16,19)(H,17,18). The van der Waals surface area contributed by atoms with Gasteiger partial charge in [0.1, 0.15) is 0 Å². The molecule has 0 bridgehead atoms. The van der Waals surface area contributed by atoms with Crippen molar-refractivity contribution >= 4 is 17.7 Å². The molecule has 0 aliphatic heterocycles. The van der Waals surface area contributed by atoms with Crippen LogP contribution in [-0.4, -0.2) is 28.2 Å². The van der Waals surface area contributed by atoms with Crippen molar-refractivity contribution in [3.05, 3.63) is 36.5 Å². The van der Waals surface area contributed by atoms with E-state index in [-0.39, 0.29) is 5.91 Å². The lowest BCUT2D eigenvalue weighted by atomic mass is 10.2. The lowest BCUT2D eigenvalue weighted by Crippen LogP contribution is -2.27. The van der Waals surface area contributed by atoms with Crippen LogP contribution in [0, 0.1) is 5.92 Å². The van der Waals surface area contributed by atoms with Crippen LogP contribution in [0.25, 0.3) is 11.3 Å². The fourth-order valence-corrected chi connectivity index (χ4v) is 2.59. The Morgan fingerprint density at radius 1 is 1.35 bits per heavy atom. The predicted octanol–water partition coefficient (Wildman–Crippen LogP) is 2.70. The van der Waals surface area contributed by atoms with E-state index in [1.807, 2.05) is 30.3 Å². The second-order valence-electron chi connectivity index (χ2n) is 5.00. The molecule has 1 aliphatic carbocycles. The molecule has 2 aromatic rings. The lowest BCUT2D eigenvalue weighted by molar-refractivity contribution is -0.118. The molecule has 0 radical (unpaired) electrons. The Morgan fingerprint density at radius 2 is 2.15 bits per heavy atom. The summed E-state index contributed by atoms with van der Waals surface area (Å²) in [6.07, 6.45) is 4.32. The largest absolute Gasteiger partial charge is 0.355 e. The number of rotatable bonds is 6. The second-order valence-corrected chi connectivity index (χ2v) is 5.97. The van der Waals surface area contributed by atoms with Crippen LogP contribution in [0.15, 0.2) is 41.7 Å². The third-order valence-corrected chi connectivity index (χ3v) is 4.15. The first-order chi connectivity index (χ1) is 9.81. The van der Waals surface area contributed by atoms with Gasteiger partial charge in [-0.3, -0.25) is 4.79 Å². The Hall–Kier alpha value is -1.75. The zero-order valence-electron chi connectivity index (χ0n) is 11.1. The summed E-state index contributed by atoms with van der Waals surface area (Å²) in [4.78, 5) is 19.2. The minimum atomic E-state index is 0.0829.